The maximum atomic E-state index is 13.4. The fourth-order valence-corrected chi connectivity index (χ4v) is 5.96. The summed E-state index contributed by atoms with van der Waals surface area (Å²) in [6.45, 7) is 4.49. The van der Waals surface area contributed by atoms with Crippen LogP contribution in [0.1, 0.15) is 18.4 Å². The minimum Gasteiger partial charge on any atom is -0.397 e. The molecule has 2 fully saturated rings. The van der Waals surface area contributed by atoms with Crippen LogP contribution in [0.25, 0.3) is 0 Å². The summed E-state index contributed by atoms with van der Waals surface area (Å²) in [6.07, 6.45) is 2.80. The Kier molecular flexibility index (Phi) is 7.65. The molecule has 0 bridgehead atoms. The second kappa shape index (κ2) is 10.4. The van der Waals surface area contributed by atoms with Gasteiger partial charge in [0.05, 0.1) is 28.2 Å². The minimum atomic E-state index is -3.26. The molecule has 2 aliphatic heterocycles. The van der Waals surface area contributed by atoms with E-state index in [2.05, 4.69) is 17.2 Å². The van der Waals surface area contributed by atoms with Crippen LogP contribution in [0.15, 0.2) is 36.5 Å². The number of nitrogens with one attached hydrogen (secondary N) is 1. The van der Waals surface area contributed by atoms with E-state index >= 15 is 0 Å². The number of nitrogens with zero attached hydrogens (tertiary/aromatic N) is 4. The van der Waals surface area contributed by atoms with E-state index < -0.39 is 10.0 Å². The summed E-state index contributed by atoms with van der Waals surface area (Å²) in [5.41, 5.74) is 7.36. The zero-order valence-corrected chi connectivity index (χ0v) is 22.0. The quantitative estimate of drug-likeness (QED) is 0.602. The number of sulfonamides is 1. The number of anilines is 2. The molecular weight excluding hydrogens is 511 g/mol. The molecule has 0 spiro atoms. The first kappa shape index (κ1) is 25.8. The van der Waals surface area contributed by atoms with Crippen molar-refractivity contribution in [2.75, 3.05) is 56.6 Å². The SMILES string of the molecule is CC(Nc1ccc(N)cn1)[C@H]1CN(C(=O)N2CCN(S(C)(=O)=O)CC2)C[C@@H]1c1ccc(Cl)c(Cl)c1. The number of carbonyl (C=O) groups is 1. The number of likely N-dealkylation sites (tertiary alicyclic amines) is 1. The number of nitrogen functional groups attached to an aromatic ring is 1. The molecule has 3 heterocycles. The Morgan fingerprint density at radius 2 is 1.80 bits per heavy atom. The number of hydrogen-bond donors (Lipinski definition) is 2. The molecule has 3 N–H and O–H groups in total. The highest BCUT2D eigenvalue weighted by atomic mass is 35.5. The molecule has 9 nitrogen and oxygen atoms in total. The Labute approximate surface area is 216 Å². The van der Waals surface area contributed by atoms with Gasteiger partial charge in [0, 0.05) is 57.1 Å². The maximum Gasteiger partial charge on any atom is 0.320 e. The fourth-order valence-electron chi connectivity index (χ4n) is 4.83. The summed E-state index contributed by atoms with van der Waals surface area (Å²) in [4.78, 5) is 21.3. The summed E-state index contributed by atoms with van der Waals surface area (Å²) in [6, 6.07) is 9.14. The molecule has 2 aliphatic rings. The van der Waals surface area contributed by atoms with E-state index in [0.717, 1.165) is 5.56 Å². The summed E-state index contributed by atoms with van der Waals surface area (Å²) in [5, 5.41) is 4.41. The van der Waals surface area contributed by atoms with Gasteiger partial charge in [-0.15, -0.1) is 0 Å². The molecule has 1 aromatic carbocycles. The first-order chi connectivity index (χ1) is 16.5. The van der Waals surface area contributed by atoms with Gasteiger partial charge in [-0.25, -0.2) is 18.2 Å². The summed E-state index contributed by atoms with van der Waals surface area (Å²) >= 11 is 12.5. The molecule has 12 heteroatoms. The van der Waals surface area contributed by atoms with Gasteiger partial charge < -0.3 is 20.9 Å². The Balaban J connectivity index is 1.52. The molecule has 1 aromatic heterocycles. The van der Waals surface area contributed by atoms with Crippen LogP contribution < -0.4 is 11.1 Å². The van der Waals surface area contributed by atoms with Gasteiger partial charge in [0.1, 0.15) is 5.82 Å². The third-order valence-corrected chi connectivity index (χ3v) is 8.83. The second-order valence-electron chi connectivity index (χ2n) is 9.19. The van der Waals surface area contributed by atoms with Gasteiger partial charge in [-0.3, -0.25) is 0 Å². The minimum absolute atomic E-state index is 0.00883. The number of rotatable bonds is 5. The molecule has 3 atom stereocenters. The molecular formula is C23H30Cl2N6O3S. The number of hydrogen-bond acceptors (Lipinski definition) is 6. The molecule has 0 aliphatic carbocycles. The van der Waals surface area contributed by atoms with Gasteiger partial charge in [0.2, 0.25) is 10.0 Å². The van der Waals surface area contributed by atoms with Crippen molar-refractivity contribution in [3.8, 4) is 0 Å². The average molecular weight is 542 g/mol. The zero-order chi connectivity index (χ0) is 25.3. The third-order valence-electron chi connectivity index (χ3n) is 6.79. The smallest absolute Gasteiger partial charge is 0.320 e. The number of benzene rings is 1. The first-order valence-corrected chi connectivity index (χ1v) is 14.1. The number of carbonyl (C=O) groups excluding carboxylic acids is 1. The van der Waals surface area contributed by atoms with Crippen molar-refractivity contribution in [1.29, 1.82) is 0 Å². The molecule has 1 unspecified atom stereocenters. The van der Waals surface area contributed by atoms with E-state index in [1.165, 1.54) is 10.6 Å². The van der Waals surface area contributed by atoms with Crippen LogP contribution in [0.4, 0.5) is 16.3 Å². The number of pyridine rings is 1. The lowest BCUT2D eigenvalue weighted by molar-refractivity contribution is 0.140. The summed E-state index contributed by atoms with van der Waals surface area (Å²) < 4.78 is 25.1. The lowest BCUT2D eigenvalue weighted by Crippen LogP contribution is -2.53. The largest absolute Gasteiger partial charge is 0.397 e. The predicted molar refractivity (Wildman–Crippen MR) is 139 cm³/mol. The molecule has 0 radical (unpaired) electrons. The number of halogens is 2. The van der Waals surface area contributed by atoms with Crippen molar-refractivity contribution < 1.29 is 13.2 Å². The van der Waals surface area contributed by atoms with E-state index in [1.54, 1.807) is 23.2 Å². The van der Waals surface area contributed by atoms with Crippen molar-refractivity contribution in [1.82, 2.24) is 19.1 Å². The maximum absolute atomic E-state index is 13.4. The van der Waals surface area contributed by atoms with Crippen molar-refractivity contribution in [3.05, 3.63) is 52.1 Å². The Morgan fingerprint density at radius 3 is 2.40 bits per heavy atom. The summed E-state index contributed by atoms with van der Waals surface area (Å²) in [7, 11) is -3.26. The molecule has 2 amide bonds. The van der Waals surface area contributed by atoms with E-state index in [0.29, 0.717) is 60.8 Å². The molecule has 190 valence electrons. The topological polar surface area (TPSA) is 112 Å². The number of urea groups is 1. The van der Waals surface area contributed by atoms with Crippen LogP contribution in [-0.2, 0) is 10.0 Å². The van der Waals surface area contributed by atoms with E-state index in [1.807, 2.05) is 23.1 Å². The van der Waals surface area contributed by atoms with Crippen LogP contribution in [0, 0.1) is 5.92 Å². The number of piperazine rings is 1. The van der Waals surface area contributed by atoms with Crippen LogP contribution in [0.2, 0.25) is 10.0 Å². The van der Waals surface area contributed by atoms with Gasteiger partial charge >= 0.3 is 6.03 Å². The molecule has 4 rings (SSSR count). The van der Waals surface area contributed by atoms with E-state index in [4.69, 9.17) is 28.9 Å². The highest BCUT2D eigenvalue weighted by molar-refractivity contribution is 7.88. The number of amides is 2. The second-order valence-corrected chi connectivity index (χ2v) is 12.0. The Hall–Kier alpha value is -2.27. The van der Waals surface area contributed by atoms with Crippen LogP contribution >= 0.6 is 23.2 Å². The van der Waals surface area contributed by atoms with Crippen molar-refractivity contribution >= 4 is 50.8 Å². The fraction of sp³-hybridized carbons (Fsp3) is 0.478. The van der Waals surface area contributed by atoms with Crippen molar-refractivity contribution in [3.63, 3.8) is 0 Å². The normalized spacial score (nSPS) is 22.3. The Bertz CT molecular complexity index is 1170. The van der Waals surface area contributed by atoms with E-state index in [-0.39, 0.29) is 23.9 Å². The van der Waals surface area contributed by atoms with Crippen molar-refractivity contribution in [2.45, 2.75) is 18.9 Å². The van der Waals surface area contributed by atoms with Gasteiger partial charge in [-0.1, -0.05) is 29.3 Å². The van der Waals surface area contributed by atoms with E-state index in [9.17, 15) is 13.2 Å². The van der Waals surface area contributed by atoms with Crippen LogP contribution in [0.5, 0.6) is 0 Å². The highest BCUT2D eigenvalue weighted by Gasteiger charge is 2.41. The monoisotopic (exact) mass is 540 g/mol. The number of nitrogens with two attached hydrogens (primary N) is 1. The lowest BCUT2D eigenvalue weighted by atomic mass is 9.84. The average Bonchev–Trinajstić information content (AvgIpc) is 3.27. The first-order valence-electron chi connectivity index (χ1n) is 11.4. The molecule has 2 aromatic rings. The van der Waals surface area contributed by atoms with Gasteiger partial charge in [-0.2, -0.15) is 4.31 Å². The predicted octanol–water partition coefficient (Wildman–Crippen LogP) is 3.18. The zero-order valence-electron chi connectivity index (χ0n) is 19.7. The van der Waals surface area contributed by atoms with Gasteiger partial charge in [0.25, 0.3) is 0 Å². The van der Waals surface area contributed by atoms with Gasteiger partial charge in [0.15, 0.2) is 0 Å². The third kappa shape index (κ3) is 5.94. The highest BCUT2D eigenvalue weighted by Crippen LogP contribution is 2.38. The molecule has 0 saturated carbocycles. The van der Waals surface area contributed by atoms with Crippen LogP contribution in [0.3, 0.4) is 0 Å². The van der Waals surface area contributed by atoms with Crippen LogP contribution in [-0.4, -0.2) is 85.1 Å². The van der Waals surface area contributed by atoms with Gasteiger partial charge in [-0.05, 0) is 36.8 Å². The van der Waals surface area contributed by atoms with Crippen molar-refractivity contribution in [2.24, 2.45) is 5.92 Å². The standard InChI is InChI=1S/C23H30Cl2N6O3S/c1-15(28-22-6-4-17(26)12-27-22)18-13-30(14-19(18)16-3-5-20(24)21(25)11-16)23(32)29-7-9-31(10-8-29)35(2,33)34/h3-6,11-12,15,18-19H,7-10,13-14,26H2,1-2H3,(H,27,28)/t15?,18-,19-/m1/s1. The Morgan fingerprint density at radius 1 is 1.09 bits per heavy atom. The molecule has 35 heavy (non-hydrogen) atoms. The summed E-state index contributed by atoms with van der Waals surface area (Å²) in [5.74, 6) is 0.816. The lowest BCUT2D eigenvalue weighted by Gasteiger charge is -2.35. The number of aromatic nitrogens is 1. The molecule has 2 saturated heterocycles.